The van der Waals surface area contributed by atoms with Gasteiger partial charge in [0.2, 0.25) is 15.9 Å². The maximum absolute atomic E-state index is 13.8. The lowest BCUT2D eigenvalue weighted by Gasteiger charge is -2.33. The van der Waals surface area contributed by atoms with Crippen LogP contribution in [0.1, 0.15) is 11.1 Å². The standard InChI is InChI=1S/C20H20BrFN2O3S/c1-15-2-7-18(8-3-15)28(26,27)24-12-10-23(11-13-24)20(25)9-5-16-4-6-17(21)14-19(16)22/h2-9,14H,10-13H2,1H3/b9-5+. The van der Waals surface area contributed by atoms with Gasteiger partial charge >= 0.3 is 0 Å². The third kappa shape index (κ3) is 4.68. The number of hydrogen-bond acceptors (Lipinski definition) is 3. The highest BCUT2D eigenvalue weighted by Crippen LogP contribution is 2.19. The molecular weight excluding hydrogens is 447 g/mol. The fraction of sp³-hybridized carbons (Fsp3) is 0.250. The summed E-state index contributed by atoms with van der Waals surface area (Å²) in [6.07, 6.45) is 2.75. The van der Waals surface area contributed by atoms with E-state index in [0.29, 0.717) is 10.0 Å². The zero-order chi connectivity index (χ0) is 20.3. The summed E-state index contributed by atoms with van der Waals surface area (Å²) >= 11 is 3.19. The van der Waals surface area contributed by atoms with Crippen LogP contribution in [0.4, 0.5) is 4.39 Å². The largest absolute Gasteiger partial charge is 0.337 e. The van der Waals surface area contributed by atoms with Crippen LogP contribution in [0.25, 0.3) is 6.08 Å². The molecule has 0 aromatic heterocycles. The normalized spacial score (nSPS) is 15.9. The van der Waals surface area contributed by atoms with Crippen LogP contribution in [-0.4, -0.2) is 49.7 Å². The smallest absolute Gasteiger partial charge is 0.246 e. The fourth-order valence-corrected chi connectivity index (χ4v) is 4.67. The van der Waals surface area contributed by atoms with Gasteiger partial charge in [0.05, 0.1) is 4.90 Å². The first-order valence-electron chi connectivity index (χ1n) is 8.76. The molecule has 1 heterocycles. The number of carbonyl (C=O) groups is 1. The van der Waals surface area contributed by atoms with Crippen molar-refractivity contribution in [1.29, 1.82) is 0 Å². The van der Waals surface area contributed by atoms with Crippen LogP contribution < -0.4 is 0 Å². The lowest BCUT2D eigenvalue weighted by Crippen LogP contribution is -2.50. The van der Waals surface area contributed by atoms with Crippen LogP contribution in [0.3, 0.4) is 0 Å². The maximum atomic E-state index is 13.8. The number of hydrogen-bond donors (Lipinski definition) is 0. The van der Waals surface area contributed by atoms with Gasteiger partial charge in [-0.1, -0.05) is 39.7 Å². The van der Waals surface area contributed by atoms with Crippen molar-refractivity contribution in [1.82, 2.24) is 9.21 Å². The first-order valence-corrected chi connectivity index (χ1v) is 11.0. The zero-order valence-electron chi connectivity index (χ0n) is 15.3. The molecule has 0 spiro atoms. The average Bonchev–Trinajstić information content (AvgIpc) is 2.67. The predicted molar refractivity (Wildman–Crippen MR) is 110 cm³/mol. The lowest BCUT2D eigenvalue weighted by atomic mass is 10.2. The second kappa shape index (κ2) is 8.55. The van der Waals surface area contributed by atoms with E-state index >= 15 is 0 Å². The van der Waals surface area contributed by atoms with Gasteiger partial charge in [0.1, 0.15) is 5.82 Å². The number of halogens is 2. The SMILES string of the molecule is Cc1ccc(S(=O)(=O)N2CCN(C(=O)/C=C/c3ccc(Br)cc3F)CC2)cc1. The molecule has 0 saturated carbocycles. The van der Waals surface area contributed by atoms with Gasteiger partial charge in [-0.3, -0.25) is 4.79 Å². The summed E-state index contributed by atoms with van der Waals surface area (Å²) in [7, 11) is -3.57. The van der Waals surface area contributed by atoms with Gasteiger partial charge in [-0.05, 0) is 37.3 Å². The highest BCUT2D eigenvalue weighted by molar-refractivity contribution is 9.10. The summed E-state index contributed by atoms with van der Waals surface area (Å²) in [5, 5.41) is 0. The van der Waals surface area contributed by atoms with E-state index in [1.54, 1.807) is 41.3 Å². The van der Waals surface area contributed by atoms with E-state index < -0.39 is 15.8 Å². The molecule has 5 nitrogen and oxygen atoms in total. The summed E-state index contributed by atoms with van der Waals surface area (Å²) in [6.45, 7) is 2.92. The minimum Gasteiger partial charge on any atom is -0.337 e. The summed E-state index contributed by atoms with van der Waals surface area (Å²) in [4.78, 5) is 14.2. The van der Waals surface area contributed by atoms with Gasteiger partial charge < -0.3 is 4.90 Å². The number of amides is 1. The molecule has 1 fully saturated rings. The number of rotatable bonds is 4. The van der Waals surface area contributed by atoms with Gasteiger partial charge in [-0.25, -0.2) is 12.8 Å². The van der Waals surface area contributed by atoms with E-state index in [4.69, 9.17) is 0 Å². The van der Waals surface area contributed by atoms with E-state index in [1.807, 2.05) is 6.92 Å². The van der Waals surface area contributed by atoms with Gasteiger partial charge in [0.15, 0.2) is 0 Å². The van der Waals surface area contributed by atoms with Gasteiger partial charge in [0.25, 0.3) is 0 Å². The van der Waals surface area contributed by atoms with Crippen molar-refractivity contribution in [3.05, 3.63) is 70.0 Å². The Kier molecular flexibility index (Phi) is 6.32. The van der Waals surface area contributed by atoms with Crippen LogP contribution in [0, 0.1) is 12.7 Å². The van der Waals surface area contributed by atoms with Crippen molar-refractivity contribution in [2.24, 2.45) is 0 Å². The third-order valence-corrected chi connectivity index (χ3v) is 6.98. The molecule has 1 aliphatic rings. The quantitative estimate of drug-likeness (QED) is 0.648. The number of sulfonamides is 1. The highest BCUT2D eigenvalue weighted by atomic mass is 79.9. The van der Waals surface area contributed by atoms with Crippen LogP contribution in [0.5, 0.6) is 0 Å². The molecule has 0 N–H and O–H groups in total. The van der Waals surface area contributed by atoms with E-state index in [1.165, 1.54) is 22.5 Å². The van der Waals surface area contributed by atoms with Crippen molar-refractivity contribution in [2.75, 3.05) is 26.2 Å². The average molecular weight is 467 g/mol. The number of nitrogens with zero attached hydrogens (tertiary/aromatic N) is 2. The molecule has 2 aromatic carbocycles. The number of aryl methyl sites for hydroxylation is 1. The molecule has 1 amide bonds. The number of benzene rings is 2. The van der Waals surface area contributed by atoms with E-state index in [0.717, 1.165) is 5.56 Å². The maximum Gasteiger partial charge on any atom is 0.246 e. The van der Waals surface area contributed by atoms with Crippen LogP contribution in [-0.2, 0) is 14.8 Å². The molecule has 0 bridgehead atoms. The second-order valence-electron chi connectivity index (χ2n) is 6.54. The van der Waals surface area contributed by atoms with E-state index in [9.17, 15) is 17.6 Å². The van der Waals surface area contributed by atoms with Crippen molar-refractivity contribution in [3.8, 4) is 0 Å². The Balaban J connectivity index is 1.62. The second-order valence-corrected chi connectivity index (χ2v) is 9.40. The van der Waals surface area contributed by atoms with Crippen molar-refractivity contribution in [2.45, 2.75) is 11.8 Å². The minimum absolute atomic E-state index is 0.225. The van der Waals surface area contributed by atoms with E-state index in [-0.39, 0.29) is 37.0 Å². The molecule has 3 rings (SSSR count). The Hall–Kier alpha value is -2.03. The predicted octanol–water partition coefficient (Wildman–Crippen LogP) is 3.44. The van der Waals surface area contributed by atoms with Crippen LogP contribution in [0.15, 0.2) is 57.9 Å². The molecule has 0 unspecified atom stereocenters. The first kappa shape index (κ1) is 20.7. The van der Waals surface area contributed by atoms with Gasteiger partial charge in [-0.2, -0.15) is 4.31 Å². The number of carbonyl (C=O) groups excluding carboxylic acids is 1. The highest BCUT2D eigenvalue weighted by Gasteiger charge is 2.29. The lowest BCUT2D eigenvalue weighted by molar-refractivity contribution is -0.127. The Bertz CT molecular complexity index is 999. The monoisotopic (exact) mass is 466 g/mol. The first-order chi connectivity index (χ1) is 13.3. The van der Waals surface area contributed by atoms with Crippen LogP contribution >= 0.6 is 15.9 Å². The fourth-order valence-electron chi connectivity index (χ4n) is 2.91. The molecule has 28 heavy (non-hydrogen) atoms. The molecule has 148 valence electrons. The molecule has 1 aliphatic heterocycles. The zero-order valence-corrected chi connectivity index (χ0v) is 17.7. The van der Waals surface area contributed by atoms with Crippen molar-refractivity contribution < 1.29 is 17.6 Å². The van der Waals surface area contributed by atoms with Crippen molar-refractivity contribution in [3.63, 3.8) is 0 Å². The summed E-state index contributed by atoms with van der Waals surface area (Å²) in [5.41, 5.74) is 1.31. The van der Waals surface area contributed by atoms with Crippen molar-refractivity contribution >= 4 is 37.9 Å². The molecule has 1 saturated heterocycles. The molecular formula is C20H20BrFN2O3S. The molecule has 0 atom stereocenters. The Morgan fingerprint density at radius 2 is 1.71 bits per heavy atom. The third-order valence-electron chi connectivity index (χ3n) is 4.58. The minimum atomic E-state index is -3.57. The molecule has 2 aromatic rings. The van der Waals surface area contributed by atoms with Crippen LogP contribution in [0.2, 0.25) is 0 Å². The van der Waals surface area contributed by atoms with Gasteiger partial charge in [-0.15, -0.1) is 0 Å². The molecule has 0 radical (unpaired) electrons. The number of piperazine rings is 1. The molecule has 0 aliphatic carbocycles. The Morgan fingerprint density at radius 1 is 1.07 bits per heavy atom. The Morgan fingerprint density at radius 3 is 2.32 bits per heavy atom. The Labute approximate surface area is 172 Å². The van der Waals surface area contributed by atoms with E-state index in [2.05, 4.69) is 15.9 Å². The summed E-state index contributed by atoms with van der Waals surface area (Å²) in [5.74, 6) is -0.692. The summed E-state index contributed by atoms with van der Waals surface area (Å²) in [6, 6.07) is 11.3. The summed E-state index contributed by atoms with van der Waals surface area (Å²) < 4.78 is 41.3. The van der Waals surface area contributed by atoms with Gasteiger partial charge in [0, 0.05) is 42.3 Å². The molecule has 8 heteroatoms. The topological polar surface area (TPSA) is 57.7 Å².